The van der Waals surface area contributed by atoms with Gasteiger partial charge in [0.25, 0.3) is 0 Å². The van der Waals surface area contributed by atoms with Crippen molar-refractivity contribution in [3.63, 3.8) is 0 Å². The quantitative estimate of drug-likeness (QED) is 0.899. The Kier molecular flexibility index (Phi) is 4.69. The zero-order valence-electron chi connectivity index (χ0n) is 12.3. The Morgan fingerprint density at radius 2 is 2.05 bits per heavy atom. The van der Waals surface area contributed by atoms with Crippen molar-refractivity contribution in [1.29, 1.82) is 0 Å². The molecule has 0 radical (unpaired) electrons. The standard InChI is InChI=1S/C14H18F2N2O3S/c1-9-8-22(20,21)6-5-18(9)14(19)17-10(2)11-3-4-12(15)13(16)7-11/h3-4,7,9-10H,5-6,8H2,1-2H3,(H,17,19)/t9-,10-/m0/s1. The first-order chi connectivity index (χ1) is 10.2. The van der Waals surface area contributed by atoms with Gasteiger partial charge in [-0.3, -0.25) is 0 Å². The number of nitrogens with one attached hydrogen (secondary N) is 1. The second-order valence-electron chi connectivity index (χ2n) is 5.50. The topological polar surface area (TPSA) is 66.5 Å². The molecular formula is C14H18F2N2O3S. The minimum atomic E-state index is -3.10. The molecule has 0 aliphatic carbocycles. The van der Waals surface area contributed by atoms with Gasteiger partial charge in [-0.05, 0) is 31.5 Å². The molecule has 2 amide bonds. The Hall–Kier alpha value is -1.70. The monoisotopic (exact) mass is 332 g/mol. The van der Waals surface area contributed by atoms with E-state index < -0.39 is 39.6 Å². The van der Waals surface area contributed by atoms with Crippen molar-refractivity contribution in [3.05, 3.63) is 35.4 Å². The summed E-state index contributed by atoms with van der Waals surface area (Å²) in [5, 5.41) is 2.67. The molecule has 0 saturated carbocycles. The van der Waals surface area contributed by atoms with E-state index in [0.29, 0.717) is 5.56 Å². The Bertz CT molecular complexity index is 679. The smallest absolute Gasteiger partial charge is 0.318 e. The van der Waals surface area contributed by atoms with Crippen LogP contribution in [0.25, 0.3) is 0 Å². The second kappa shape index (κ2) is 6.20. The van der Waals surface area contributed by atoms with Crippen LogP contribution in [0, 0.1) is 11.6 Å². The van der Waals surface area contributed by atoms with Gasteiger partial charge in [-0.25, -0.2) is 22.0 Å². The van der Waals surface area contributed by atoms with Crippen LogP contribution in [0.2, 0.25) is 0 Å². The number of rotatable bonds is 2. The lowest BCUT2D eigenvalue weighted by molar-refractivity contribution is 0.182. The molecule has 8 heteroatoms. The van der Waals surface area contributed by atoms with E-state index >= 15 is 0 Å². The van der Waals surface area contributed by atoms with Crippen LogP contribution in [0.15, 0.2) is 18.2 Å². The maximum atomic E-state index is 13.2. The fourth-order valence-electron chi connectivity index (χ4n) is 2.43. The van der Waals surface area contributed by atoms with E-state index in [4.69, 9.17) is 0 Å². The molecule has 1 heterocycles. The van der Waals surface area contributed by atoms with Crippen molar-refractivity contribution in [2.24, 2.45) is 0 Å². The molecule has 2 atom stereocenters. The summed E-state index contributed by atoms with van der Waals surface area (Å²) in [5.41, 5.74) is 0.435. The highest BCUT2D eigenvalue weighted by Crippen LogP contribution is 2.18. The highest BCUT2D eigenvalue weighted by molar-refractivity contribution is 7.91. The molecule has 1 aromatic carbocycles. The summed E-state index contributed by atoms with van der Waals surface area (Å²) in [4.78, 5) is 13.6. The lowest BCUT2D eigenvalue weighted by atomic mass is 10.1. The number of carbonyl (C=O) groups excluding carboxylic acids is 1. The van der Waals surface area contributed by atoms with E-state index in [9.17, 15) is 22.0 Å². The first kappa shape index (κ1) is 16.7. The van der Waals surface area contributed by atoms with E-state index in [1.54, 1.807) is 13.8 Å². The molecule has 0 bridgehead atoms. The molecule has 0 unspecified atom stereocenters. The molecule has 1 saturated heterocycles. The van der Waals surface area contributed by atoms with Gasteiger partial charge in [-0.15, -0.1) is 0 Å². The zero-order chi connectivity index (χ0) is 16.5. The summed E-state index contributed by atoms with van der Waals surface area (Å²) in [5.74, 6) is -2.06. The van der Waals surface area contributed by atoms with Gasteiger partial charge in [0, 0.05) is 12.6 Å². The normalized spacial score (nSPS) is 22.2. The van der Waals surface area contributed by atoms with Crippen LogP contribution in [0.5, 0.6) is 0 Å². The highest BCUT2D eigenvalue weighted by atomic mass is 32.2. The molecule has 2 rings (SSSR count). The van der Waals surface area contributed by atoms with Gasteiger partial charge < -0.3 is 10.2 Å². The molecule has 22 heavy (non-hydrogen) atoms. The number of halogens is 2. The second-order valence-corrected chi connectivity index (χ2v) is 7.73. The summed E-state index contributed by atoms with van der Waals surface area (Å²) < 4.78 is 49.1. The molecule has 122 valence electrons. The number of nitrogens with zero attached hydrogens (tertiary/aromatic N) is 1. The Morgan fingerprint density at radius 1 is 1.36 bits per heavy atom. The van der Waals surface area contributed by atoms with Gasteiger partial charge in [0.15, 0.2) is 21.5 Å². The van der Waals surface area contributed by atoms with Crippen LogP contribution >= 0.6 is 0 Å². The summed E-state index contributed by atoms with van der Waals surface area (Å²) >= 11 is 0. The van der Waals surface area contributed by atoms with Crippen molar-refractivity contribution in [3.8, 4) is 0 Å². The number of urea groups is 1. The number of amides is 2. The summed E-state index contributed by atoms with van der Waals surface area (Å²) in [7, 11) is -3.10. The summed E-state index contributed by atoms with van der Waals surface area (Å²) in [6, 6.07) is 2.07. The van der Waals surface area contributed by atoms with Crippen LogP contribution in [0.1, 0.15) is 25.5 Å². The molecule has 1 aliphatic heterocycles. The predicted octanol–water partition coefficient (Wildman–Crippen LogP) is 1.85. The van der Waals surface area contributed by atoms with Crippen LogP contribution in [-0.2, 0) is 9.84 Å². The van der Waals surface area contributed by atoms with Crippen LogP contribution < -0.4 is 5.32 Å². The van der Waals surface area contributed by atoms with Crippen LogP contribution in [-0.4, -0.2) is 43.4 Å². The van der Waals surface area contributed by atoms with Crippen molar-refractivity contribution in [2.75, 3.05) is 18.1 Å². The van der Waals surface area contributed by atoms with Crippen molar-refractivity contribution in [2.45, 2.75) is 25.9 Å². The fraction of sp³-hybridized carbons (Fsp3) is 0.500. The van der Waals surface area contributed by atoms with Crippen molar-refractivity contribution >= 4 is 15.9 Å². The Morgan fingerprint density at radius 3 is 2.64 bits per heavy atom. The molecule has 1 fully saturated rings. The number of hydrogen-bond donors (Lipinski definition) is 1. The van der Waals surface area contributed by atoms with Crippen LogP contribution in [0.3, 0.4) is 0 Å². The number of carbonyl (C=O) groups is 1. The zero-order valence-corrected chi connectivity index (χ0v) is 13.2. The molecule has 1 N–H and O–H groups in total. The fourth-order valence-corrected chi connectivity index (χ4v) is 3.99. The Balaban J connectivity index is 2.03. The third kappa shape index (κ3) is 3.73. The summed E-state index contributed by atoms with van der Waals surface area (Å²) in [6.45, 7) is 3.44. The molecule has 1 aromatic rings. The van der Waals surface area contributed by atoms with E-state index in [-0.39, 0.29) is 18.1 Å². The Labute approximate surface area is 128 Å². The minimum Gasteiger partial charge on any atom is -0.331 e. The van der Waals surface area contributed by atoms with Gasteiger partial charge in [0.2, 0.25) is 0 Å². The van der Waals surface area contributed by atoms with Gasteiger partial charge in [-0.2, -0.15) is 0 Å². The molecule has 0 aromatic heterocycles. The molecule has 5 nitrogen and oxygen atoms in total. The lowest BCUT2D eigenvalue weighted by Crippen LogP contribution is -2.53. The largest absolute Gasteiger partial charge is 0.331 e. The van der Waals surface area contributed by atoms with Crippen LogP contribution in [0.4, 0.5) is 13.6 Å². The maximum absolute atomic E-state index is 13.2. The van der Waals surface area contributed by atoms with E-state index in [1.807, 2.05) is 0 Å². The number of benzene rings is 1. The molecule has 1 aliphatic rings. The SMILES string of the molecule is C[C@H](NC(=O)N1CCS(=O)(=O)C[C@@H]1C)c1ccc(F)c(F)c1. The van der Waals surface area contributed by atoms with Gasteiger partial charge in [-0.1, -0.05) is 6.07 Å². The highest BCUT2D eigenvalue weighted by Gasteiger charge is 2.31. The first-order valence-corrected chi connectivity index (χ1v) is 8.74. The number of hydrogen-bond acceptors (Lipinski definition) is 3. The van der Waals surface area contributed by atoms with Gasteiger partial charge in [0.05, 0.1) is 17.5 Å². The first-order valence-electron chi connectivity index (χ1n) is 6.92. The van der Waals surface area contributed by atoms with E-state index in [1.165, 1.54) is 11.0 Å². The average Bonchev–Trinajstić information content (AvgIpc) is 2.40. The minimum absolute atomic E-state index is 0.0652. The van der Waals surface area contributed by atoms with E-state index in [0.717, 1.165) is 12.1 Å². The lowest BCUT2D eigenvalue weighted by Gasteiger charge is -2.34. The third-order valence-corrected chi connectivity index (χ3v) is 5.51. The van der Waals surface area contributed by atoms with Gasteiger partial charge in [0.1, 0.15) is 0 Å². The molecular weight excluding hydrogens is 314 g/mol. The van der Waals surface area contributed by atoms with Gasteiger partial charge >= 0.3 is 6.03 Å². The third-order valence-electron chi connectivity index (χ3n) is 3.71. The predicted molar refractivity (Wildman–Crippen MR) is 78.1 cm³/mol. The summed E-state index contributed by atoms with van der Waals surface area (Å²) in [6.07, 6.45) is 0. The molecule has 0 spiro atoms. The maximum Gasteiger partial charge on any atom is 0.318 e. The number of sulfone groups is 1. The average molecular weight is 332 g/mol. The van der Waals surface area contributed by atoms with Crippen molar-refractivity contribution in [1.82, 2.24) is 10.2 Å². The van der Waals surface area contributed by atoms with E-state index in [2.05, 4.69) is 5.32 Å². The van der Waals surface area contributed by atoms with Crippen molar-refractivity contribution < 1.29 is 22.0 Å².